The van der Waals surface area contributed by atoms with Gasteiger partial charge in [0.25, 0.3) is 5.91 Å². The molecule has 1 saturated heterocycles. The minimum absolute atomic E-state index is 0.0279. The maximum absolute atomic E-state index is 13.1. The van der Waals surface area contributed by atoms with Gasteiger partial charge in [0.05, 0.1) is 13.2 Å². The summed E-state index contributed by atoms with van der Waals surface area (Å²) in [5.74, 6) is -0.241. The van der Waals surface area contributed by atoms with Crippen LogP contribution in [0.2, 0.25) is 0 Å². The molecule has 1 atom stereocenters. The van der Waals surface area contributed by atoms with Crippen molar-refractivity contribution in [3.8, 4) is 0 Å². The van der Waals surface area contributed by atoms with E-state index in [-0.39, 0.29) is 17.8 Å². The second-order valence-corrected chi connectivity index (χ2v) is 6.25. The van der Waals surface area contributed by atoms with Crippen LogP contribution in [0.15, 0.2) is 42.5 Å². The molecule has 5 heteroatoms. The first-order valence-electron chi connectivity index (χ1n) is 8.19. The van der Waals surface area contributed by atoms with Gasteiger partial charge in [-0.2, -0.15) is 0 Å². The number of fused-ring (bicyclic) bond motifs is 1. The predicted octanol–water partition coefficient (Wildman–Crippen LogP) is 2.64. The third-order valence-corrected chi connectivity index (χ3v) is 4.68. The molecule has 2 aliphatic rings. The topological polar surface area (TPSA) is 41.6 Å². The van der Waals surface area contributed by atoms with Gasteiger partial charge < -0.3 is 15.0 Å². The fraction of sp³-hybridized carbons (Fsp3) is 0.316. The number of amides is 1. The zero-order valence-electron chi connectivity index (χ0n) is 13.3. The Morgan fingerprint density at radius 1 is 1.12 bits per heavy atom. The van der Waals surface area contributed by atoms with Crippen LogP contribution in [0.25, 0.3) is 0 Å². The fourth-order valence-electron chi connectivity index (χ4n) is 3.32. The summed E-state index contributed by atoms with van der Waals surface area (Å²) in [6.07, 6.45) is -0.209. The van der Waals surface area contributed by atoms with Gasteiger partial charge in [0.1, 0.15) is 11.9 Å². The number of ether oxygens (including phenoxy) is 1. The number of halogens is 1. The first kappa shape index (κ1) is 15.3. The quantitative estimate of drug-likeness (QED) is 0.922. The van der Waals surface area contributed by atoms with E-state index in [1.807, 2.05) is 23.1 Å². The van der Waals surface area contributed by atoms with Crippen molar-refractivity contribution >= 4 is 5.91 Å². The number of carbonyl (C=O) groups excluding carboxylic acids is 1. The van der Waals surface area contributed by atoms with E-state index in [2.05, 4.69) is 5.32 Å². The van der Waals surface area contributed by atoms with Crippen molar-refractivity contribution in [3.05, 3.63) is 70.5 Å². The Morgan fingerprint density at radius 3 is 2.75 bits per heavy atom. The van der Waals surface area contributed by atoms with Gasteiger partial charge in [0.15, 0.2) is 0 Å². The van der Waals surface area contributed by atoms with Gasteiger partial charge in [-0.25, -0.2) is 4.39 Å². The maximum Gasteiger partial charge on any atom is 0.254 e. The highest BCUT2D eigenvalue weighted by molar-refractivity contribution is 5.94. The molecule has 0 bridgehead atoms. The normalized spacial score (nSPS) is 20.0. The number of rotatable bonds is 2. The summed E-state index contributed by atoms with van der Waals surface area (Å²) in [5, 5.41) is 3.29. The van der Waals surface area contributed by atoms with E-state index in [0.717, 1.165) is 24.2 Å². The van der Waals surface area contributed by atoms with Crippen molar-refractivity contribution in [1.82, 2.24) is 10.2 Å². The number of nitrogens with zero attached hydrogens (tertiary/aromatic N) is 1. The number of hydrogen-bond donors (Lipinski definition) is 1. The van der Waals surface area contributed by atoms with Gasteiger partial charge in [0.2, 0.25) is 0 Å². The third kappa shape index (κ3) is 2.92. The van der Waals surface area contributed by atoms with E-state index in [9.17, 15) is 9.18 Å². The van der Waals surface area contributed by atoms with E-state index in [4.69, 9.17) is 4.74 Å². The second-order valence-electron chi connectivity index (χ2n) is 6.25. The molecular formula is C19H19FN2O2. The number of carbonyl (C=O) groups is 1. The monoisotopic (exact) mass is 326 g/mol. The summed E-state index contributed by atoms with van der Waals surface area (Å²) < 4.78 is 18.8. The van der Waals surface area contributed by atoms with Crippen molar-refractivity contribution < 1.29 is 13.9 Å². The molecule has 1 unspecified atom stereocenters. The van der Waals surface area contributed by atoms with Gasteiger partial charge >= 0.3 is 0 Å². The van der Waals surface area contributed by atoms with Crippen molar-refractivity contribution in [2.75, 3.05) is 19.7 Å². The van der Waals surface area contributed by atoms with Crippen LogP contribution in [0.3, 0.4) is 0 Å². The molecule has 1 fully saturated rings. The number of morpholine rings is 1. The average molecular weight is 326 g/mol. The van der Waals surface area contributed by atoms with E-state index in [0.29, 0.717) is 19.7 Å². The molecule has 2 aromatic rings. The molecule has 0 spiro atoms. The van der Waals surface area contributed by atoms with Crippen LogP contribution in [-0.2, 0) is 17.8 Å². The minimum Gasteiger partial charge on any atom is -0.370 e. The zero-order valence-corrected chi connectivity index (χ0v) is 13.3. The lowest BCUT2D eigenvalue weighted by molar-refractivity contribution is -0.0228. The maximum atomic E-state index is 13.1. The molecule has 2 heterocycles. The molecule has 0 radical (unpaired) electrons. The van der Waals surface area contributed by atoms with Crippen LogP contribution >= 0.6 is 0 Å². The largest absolute Gasteiger partial charge is 0.370 e. The molecule has 0 saturated carbocycles. The molecular weight excluding hydrogens is 307 g/mol. The summed E-state index contributed by atoms with van der Waals surface area (Å²) in [5.41, 5.74) is 4.08. The van der Waals surface area contributed by atoms with Gasteiger partial charge in [-0.3, -0.25) is 4.79 Å². The summed E-state index contributed by atoms with van der Waals surface area (Å²) in [4.78, 5) is 14.6. The Hall–Kier alpha value is -2.24. The van der Waals surface area contributed by atoms with Crippen molar-refractivity contribution in [2.24, 2.45) is 0 Å². The molecule has 124 valence electrons. The highest BCUT2D eigenvalue weighted by atomic mass is 19.1. The van der Waals surface area contributed by atoms with Crippen LogP contribution in [-0.4, -0.2) is 30.5 Å². The minimum atomic E-state index is -0.269. The Bertz CT molecular complexity index is 760. The number of hydrogen-bond acceptors (Lipinski definition) is 3. The summed E-state index contributed by atoms with van der Waals surface area (Å²) in [6.45, 7) is 3.23. The van der Waals surface area contributed by atoms with Crippen LogP contribution in [0.4, 0.5) is 4.39 Å². The van der Waals surface area contributed by atoms with Gasteiger partial charge in [-0.15, -0.1) is 0 Å². The average Bonchev–Trinajstić information content (AvgIpc) is 3.09. The van der Waals surface area contributed by atoms with Crippen LogP contribution in [0.1, 0.15) is 33.2 Å². The smallest absolute Gasteiger partial charge is 0.254 e. The molecule has 4 nitrogen and oxygen atoms in total. The molecule has 0 aliphatic carbocycles. The third-order valence-electron chi connectivity index (χ3n) is 4.68. The summed E-state index contributed by atoms with van der Waals surface area (Å²) in [7, 11) is 0. The fourth-order valence-corrected chi connectivity index (χ4v) is 3.32. The Labute approximate surface area is 140 Å². The SMILES string of the molecule is O=C(c1ccc2c(c1)CNC2)N1CCOC(c2ccc(F)cc2)C1. The van der Waals surface area contributed by atoms with Crippen LogP contribution < -0.4 is 5.32 Å². The van der Waals surface area contributed by atoms with Gasteiger partial charge in [-0.1, -0.05) is 18.2 Å². The number of benzene rings is 2. The van der Waals surface area contributed by atoms with E-state index in [1.165, 1.54) is 23.3 Å². The standard InChI is InChI=1S/C19H19FN2O2/c20-17-5-3-13(4-6-17)18-12-22(7-8-24-18)19(23)14-1-2-15-10-21-11-16(15)9-14/h1-6,9,18,21H,7-8,10-12H2. The van der Waals surface area contributed by atoms with E-state index in [1.54, 1.807) is 12.1 Å². The molecule has 4 rings (SSSR count). The van der Waals surface area contributed by atoms with E-state index >= 15 is 0 Å². The first-order chi connectivity index (χ1) is 11.7. The van der Waals surface area contributed by atoms with E-state index < -0.39 is 0 Å². The Balaban J connectivity index is 1.51. The molecule has 1 N–H and O–H groups in total. The first-order valence-corrected chi connectivity index (χ1v) is 8.19. The molecule has 24 heavy (non-hydrogen) atoms. The van der Waals surface area contributed by atoms with Crippen LogP contribution in [0.5, 0.6) is 0 Å². The highest BCUT2D eigenvalue weighted by Gasteiger charge is 2.26. The van der Waals surface area contributed by atoms with Gasteiger partial charge in [-0.05, 0) is 41.0 Å². The van der Waals surface area contributed by atoms with Crippen molar-refractivity contribution in [2.45, 2.75) is 19.2 Å². The molecule has 0 aromatic heterocycles. The lowest BCUT2D eigenvalue weighted by atomic mass is 10.0. The molecule has 2 aromatic carbocycles. The second kappa shape index (κ2) is 6.34. The summed E-state index contributed by atoms with van der Waals surface area (Å²) >= 11 is 0. The Morgan fingerprint density at radius 2 is 1.92 bits per heavy atom. The highest BCUT2D eigenvalue weighted by Crippen LogP contribution is 2.24. The van der Waals surface area contributed by atoms with Crippen molar-refractivity contribution in [3.63, 3.8) is 0 Å². The number of nitrogens with one attached hydrogen (secondary N) is 1. The van der Waals surface area contributed by atoms with Crippen molar-refractivity contribution in [1.29, 1.82) is 0 Å². The molecule has 2 aliphatic heterocycles. The summed E-state index contributed by atoms with van der Waals surface area (Å²) in [6, 6.07) is 12.2. The van der Waals surface area contributed by atoms with Crippen LogP contribution in [0, 0.1) is 5.82 Å². The molecule has 1 amide bonds. The lowest BCUT2D eigenvalue weighted by Crippen LogP contribution is -2.42. The van der Waals surface area contributed by atoms with Gasteiger partial charge in [0, 0.05) is 25.2 Å². The zero-order chi connectivity index (χ0) is 16.5. The predicted molar refractivity (Wildman–Crippen MR) is 88.0 cm³/mol. The Kier molecular flexibility index (Phi) is 4.04. The lowest BCUT2D eigenvalue weighted by Gasteiger charge is -2.33.